The summed E-state index contributed by atoms with van der Waals surface area (Å²) in [5.74, 6) is 0.155. The third-order valence-electron chi connectivity index (χ3n) is 3.47. The minimum atomic E-state index is -0.275. The van der Waals surface area contributed by atoms with Crippen LogP contribution in [0.3, 0.4) is 0 Å². The fourth-order valence-corrected chi connectivity index (χ4v) is 2.35. The average molecular weight is 351 g/mol. The molecule has 25 heavy (non-hydrogen) atoms. The van der Waals surface area contributed by atoms with E-state index in [-0.39, 0.29) is 29.8 Å². The van der Waals surface area contributed by atoms with Crippen LogP contribution in [0.5, 0.6) is 0 Å². The van der Waals surface area contributed by atoms with Crippen molar-refractivity contribution in [3.63, 3.8) is 0 Å². The summed E-state index contributed by atoms with van der Waals surface area (Å²) in [5, 5.41) is 9.04. The van der Waals surface area contributed by atoms with Crippen molar-refractivity contribution in [1.82, 2.24) is 20.9 Å². The van der Waals surface area contributed by atoms with Crippen molar-refractivity contribution in [3.05, 3.63) is 35.6 Å². The van der Waals surface area contributed by atoms with Gasteiger partial charge in [0.25, 0.3) is 0 Å². The molecular weight excluding hydrogens is 321 g/mol. The number of amides is 1. The van der Waals surface area contributed by atoms with Crippen molar-refractivity contribution >= 4 is 11.9 Å². The van der Waals surface area contributed by atoms with Crippen LogP contribution in [0.4, 0.5) is 4.39 Å². The summed E-state index contributed by atoms with van der Waals surface area (Å²) in [6.45, 7) is 6.44. The third-order valence-corrected chi connectivity index (χ3v) is 3.47. The summed E-state index contributed by atoms with van der Waals surface area (Å²) in [6.07, 6.45) is 0. The summed E-state index contributed by atoms with van der Waals surface area (Å²) in [6, 6.07) is 6.52. The maximum absolute atomic E-state index is 13.5. The van der Waals surface area contributed by atoms with E-state index in [0.717, 1.165) is 5.56 Å². The second-order valence-corrected chi connectivity index (χ2v) is 7.14. The monoisotopic (exact) mass is 351 g/mol. The largest absolute Gasteiger partial charge is 0.354 e. The SMILES string of the molecule is CN=C(NCC(=O)NC(C)(C)C)NCC(c1cccc(F)c1)N(C)C. The zero-order valence-electron chi connectivity index (χ0n) is 16.0. The predicted molar refractivity (Wildman–Crippen MR) is 100 cm³/mol. The van der Waals surface area contributed by atoms with E-state index in [1.807, 2.05) is 45.8 Å². The molecule has 7 heteroatoms. The summed E-state index contributed by atoms with van der Waals surface area (Å²) in [4.78, 5) is 18.0. The Kier molecular flexibility index (Phi) is 7.83. The molecule has 0 aliphatic carbocycles. The Bertz CT molecular complexity index is 595. The topological polar surface area (TPSA) is 68.8 Å². The number of nitrogens with one attached hydrogen (secondary N) is 3. The van der Waals surface area contributed by atoms with Crippen molar-refractivity contribution in [2.24, 2.45) is 4.99 Å². The van der Waals surface area contributed by atoms with Crippen molar-refractivity contribution in [3.8, 4) is 0 Å². The van der Waals surface area contributed by atoms with Crippen LogP contribution in [-0.2, 0) is 4.79 Å². The zero-order chi connectivity index (χ0) is 19.0. The highest BCUT2D eigenvalue weighted by atomic mass is 19.1. The highest BCUT2D eigenvalue weighted by Crippen LogP contribution is 2.18. The maximum Gasteiger partial charge on any atom is 0.239 e. The Morgan fingerprint density at radius 1 is 1.28 bits per heavy atom. The first-order valence-electron chi connectivity index (χ1n) is 8.30. The predicted octanol–water partition coefficient (Wildman–Crippen LogP) is 1.51. The molecule has 0 aliphatic heterocycles. The van der Waals surface area contributed by atoms with Crippen LogP contribution < -0.4 is 16.0 Å². The van der Waals surface area contributed by atoms with Crippen molar-refractivity contribution in [1.29, 1.82) is 0 Å². The summed E-state index contributed by atoms with van der Waals surface area (Å²) in [5.41, 5.74) is 0.599. The van der Waals surface area contributed by atoms with Gasteiger partial charge in [-0.15, -0.1) is 0 Å². The first kappa shape index (κ1) is 20.9. The number of nitrogens with zero attached hydrogens (tertiary/aromatic N) is 2. The molecule has 0 saturated heterocycles. The lowest BCUT2D eigenvalue weighted by atomic mass is 10.1. The average Bonchev–Trinajstić information content (AvgIpc) is 2.48. The number of hydrogen-bond donors (Lipinski definition) is 3. The lowest BCUT2D eigenvalue weighted by Gasteiger charge is -2.26. The molecule has 0 spiro atoms. The molecule has 0 bridgehead atoms. The van der Waals surface area contributed by atoms with E-state index in [1.54, 1.807) is 13.1 Å². The Balaban J connectivity index is 2.61. The highest BCUT2D eigenvalue weighted by Gasteiger charge is 2.16. The third kappa shape index (κ3) is 7.98. The van der Waals surface area contributed by atoms with E-state index in [4.69, 9.17) is 0 Å². The maximum atomic E-state index is 13.5. The molecule has 1 amide bonds. The molecule has 140 valence electrons. The number of aliphatic imine (C=N–C) groups is 1. The minimum Gasteiger partial charge on any atom is -0.354 e. The number of halogens is 1. The van der Waals surface area contributed by atoms with Gasteiger partial charge in [-0.3, -0.25) is 9.79 Å². The van der Waals surface area contributed by atoms with Crippen molar-refractivity contribution < 1.29 is 9.18 Å². The van der Waals surface area contributed by atoms with E-state index in [9.17, 15) is 9.18 Å². The standard InChI is InChI=1S/C18H30FN5O/c1-18(2,3)23-16(25)12-22-17(20-4)21-11-15(24(5)6)13-8-7-9-14(19)10-13/h7-10,15H,11-12H2,1-6H3,(H,23,25)(H2,20,21,22). The van der Waals surface area contributed by atoms with Gasteiger partial charge in [-0.05, 0) is 52.6 Å². The van der Waals surface area contributed by atoms with E-state index in [2.05, 4.69) is 20.9 Å². The Hall–Kier alpha value is -2.15. The number of carbonyl (C=O) groups excluding carboxylic acids is 1. The van der Waals surface area contributed by atoms with Gasteiger partial charge in [0.05, 0.1) is 12.6 Å². The molecule has 6 nitrogen and oxygen atoms in total. The van der Waals surface area contributed by atoms with Gasteiger partial charge in [0.15, 0.2) is 5.96 Å². The molecule has 1 rings (SSSR count). The van der Waals surface area contributed by atoms with Gasteiger partial charge in [0, 0.05) is 19.1 Å². The lowest BCUT2D eigenvalue weighted by molar-refractivity contribution is -0.121. The molecule has 0 fully saturated rings. The molecule has 1 aromatic rings. The van der Waals surface area contributed by atoms with Crippen molar-refractivity contribution in [2.75, 3.05) is 34.2 Å². The second-order valence-electron chi connectivity index (χ2n) is 7.14. The quantitative estimate of drug-likeness (QED) is 0.537. The molecule has 1 unspecified atom stereocenters. The molecule has 0 radical (unpaired) electrons. The van der Waals surface area contributed by atoms with Crippen LogP contribution in [0, 0.1) is 5.82 Å². The van der Waals surface area contributed by atoms with Gasteiger partial charge in [-0.25, -0.2) is 4.39 Å². The molecule has 3 N–H and O–H groups in total. The van der Waals surface area contributed by atoms with E-state index < -0.39 is 0 Å². The molecule has 1 atom stereocenters. The van der Waals surface area contributed by atoms with E-state index in [0.29, 0.717) is 12.5 Å². The van der Waals surface area contributed by atoms with Gasteiger partial charge in [-0.1, -0.05) is 12.1 Å². The Morgan fingerprint density at radius 3 is 2.48 bits per heavy atom. The lowest BCUT2D eigenvalue weighted by Crippen LogP contribution is -2.49. The van der Waals surface area contributed by atoms with E-state index >= 15 is 0 Å². The minimum absolute atomic E-state index is 0.0300. The normalized spacial score (nSPS) is 13.5. The molecule has 0 aliphatic rings. The molecular formula is C18H30FN5O. The smallest absolute Gasteiger partial charge is 0.239 e. The summed E-state index contributed by atoms with van der Waals surface area (Å²) < 4.78 is 13.5. The van der Waals surface area contributed by atoms with Gasteiger partial charge >= 0.3 is 0 Å². The zero-order valence-corrected chi connectivity index (χ0v) is 16.0. The number of likely N-dealkylation sites (N-methyl/N-ethyl adjacent to an activating group) is 1. The number of guanidine groups is 1. The first-order chi connectivity index (χ1) is 11.6. The summed E-state index contributed by atoms with van der Waals surface area (Å²) in [7, 11) is 5.51. The van der Waals surface area contributed by atoms with Crippen LogP contribution in [0.1, 0.15) is 32.4 Å². The number of carbonyl (C=O) groups is 1. The van der Waals surface area contributed by atoms with E-state index in [1.165, 1.54) is 12.1 Å². The van der Waals surface area contributed by atoms with Gasteiger partial charge in [0.1, 0.15) is 5.82 Å². The molecule has 1 aromatic carbocycles. The fraction of sp³-hybridized carbons (Fsp3) is 0.556. The van der Waals surface area contributed by atoms with Gasteiger partial charge in [-0.2, -0.15) is 0 Å². The second kappa shape index (κ2) is 9.36. The Labute approximate surface area is 149 Å². The van der Waals surface area contributed by atoms with Crippen LogP contribution in [0.15, 0.2) is 29.3 Å². The molecule has 0 heterocycles. The molecule has 0 saturated carbocycles. The number of hydrogen-bond acceptors (Lipinski definition) is 3. The number of benzene rings is 1. The molecule has 0 aromatic heterocycles. The van der Waals surface area contributed by atoms with Crippen LogP contribution in [-0.4, -0.2) is 56.5 Å². The number of rotatable bonds is 6. The summed E-state index contributed by atoms with van der Waals surface area (Å²) >= 11 is 0. The van der Waals surface area contributed by atoms with Crippen molar-refractivity contribution in [2.45, 2.75) is 32.4 Å². The van der Waals surface area contributed by atoms with Crippen LogP contribution >= 0.6 is 0 Å². The van der Waals surface area contributed by atoms with Crippen LogP contribution in [0.2, 0.25) is 0 Å². The van der Waals surface area contributed by atoms with Gasteiger partial charge in [0.2, 0.25) is 5.91 Å². The fourth-order valence-electron chi connectivity index (χ4n) is 2.35. The first-order valence-corrected chi connectivity index (χ1v) is 8.30. The Morgan fingerprint density at radius 2 is 1.96 bits per heavy atom. The van der Waals surface area contributed by atoms with Crippen LogP contribution in [0.25, 0.3) is 0 Å². The van der Waals surface area contributed by atoms with Gasteiger partial charge < -0.3 is 20.9 Å². The highest BCUT2D eigenvalue weighted by molar-refractivity contribution is 5.86.